The van der Waals surface area contributed by atoms with Crippen LogP contribution in [0.1, 0.15) is 52.9 Å². The van der Waals surface area contributed by atoms with Gasteiger partial charge in [-0.2, -0.15) is 0 Å². The Hall–Kier alpha value is -2.44. The lowest BCUT2D eigenvalue weighted by Crippen LogP contribution is -2.32. The lowest BCUT2D eigenvalue weighted by molar-refractivity contribution is -0.161. The van der Waals surface area contributed by atoms with Gasteiger partial charge < -0.3 is 25.3 Å². The first kappa shape index (κ1) is 20.3. The SMILES string of the molecule is CC(C)(C)OC(=O)C1CCC(N=C(N)Nc2ccc3c(c2)OCCCO3)CC1. The van der Waals surface area contributed by atoms with Crippen LogP contribution in [0.15, 0.2) is 23.2 Å². The first-order chi connectivity index (χ1) is 13.3. The fourth-order valence-corrected chi connectivity index (χ4v) is 3.44. The lowest BCUT2D eigenvalue weighted by Gasteiger charge is -2.28. The Bertz CT molecular complexity index is 719. The predicted molar refractivity (Wildman–Crippen MR) is 109 cm³/mol. The van der Waals surface area contributed by atoms with Crippen molar-refractivity contribution in [1.82, 2.24) is 0 Å². The normalized spacial score (nSPS) is 22.9. The predicted octanol–water partition coefficient (Wildman–Crippen LogP) is 3.48. The first-order valence-corrected chi connectivity index (χ1v) is 10.0. The molecule has 7 nitrogen and oxygen atoms in total. The minimum Gasteiger partial charge on any atom is -0.490 e. The minimum atomic E-state index is -0.441. The van der Waals surface area contributed by atoms with E-state index in [0.29, 0.717) is 24.9 Å². The minimum absolute atomic E-state index is 0.0402. The summed E-state index contributed by atoms with van der Waals surface area (Å²) >= 11 is 0. The summed E-state index contributed by atoms with van der Waals surface area (Å²) in [5.74, 6) is 1.69. The number of ether oxygens (including phenoxy) is 3. The van der Waals surface area contributed by atoms with E-state index in [0.717, 1.165) is 43.5 Å². The second-order valence-corrected chi connectivity index (χ2v) is 8.39. The smallest absolute Gasteiger partial charge is 0.309 e. The number of nitrogens with two attached hydrogens (primary N) is 1. The molecule has 1 saturated carbocycles. The average molecular weight is 389 g/mol. The first-order valence-electron chi connectivity index (χ1n) is 10.0. The molecule has 154 valence electrons. The van der Waals surface area contributed by atoms with Crippen molar-refractivity contribution in [2.75, 3.05) is 18.5 Å². The van der Waals surface area contributed by atoms with Gasteiger partial charge in [-0.1, -0.05) is 0 Å². The van der Waals surface area contributed by atoms with Gasteiger partial charge in [0, 0.05) is 18.2 Å². The monoisotopic (exact) mass is 389 g/mol. The Kier molecular flexibility index (Phi) is 6.31. The second kappa shape index (κ2) is 8.71. The number of carbonyl (C=O) groups is 1. The molecule has 0 amide bonds. The summed E-state index contributed by atoms with van der Waals surface area (Å²) in [6.07, 6.45) is 4.08. The standard InChI is InChI=1S/C21H31N3O4/c1-21(2,3)28-19(25)14-5-7-15(8-6-14)23-20(22)24-16-9-10-17-18(13-16)27-12-4-11-26-17/h9-10,13-15H,4-8,11-12H2,1-3H3,(H3,22,23,24). The summed E-state index contributed by atoms with van der Waals surface area (Å²) < 4.78 is 16.8. The van der Waals surface area contributed by atoms with Crippen LogP contribution < -0.4 is 20.5 Å². The molecule has 1 heterocycles. The van der Waals surface area contributed by atoms with Gasteiger partial charge in [0.2, 0.25) is 0 Å². The highest BCUT2D eigenvalue weighted by atomic mass is 16.6. The van der Waals surface area contributed by atoms with E-state index in [1.165, 1.54) is 0 Å². The van der Waals surface area contributed by atoms with E-state index >= 15 is 0 Å². The number of nitrogens with zero attached hydrogens (tertiary/aromatic N) is 1. The van der Waals surface area contributed by atoms with Gasteiger partial charge in [-0.3, -0.25) is 4.79 Å². The highest BCUT2D eigenvalue weighted by Crippen LogP contribution is 2.32. The molecule has 28 heavy (non-hydrogen) atoms. The van der Waals surface area contributed by atoms with Crippen LogP contribution in [0.4, 0.5) is 5.69 Å². The zero-order valence-corrected chi connectivity index (χ0v) is 17.0. The van der Waals surface area contributed by atoms with Gasteiger partial charge in [-0.15, -0.1) is 0 Å². The van der Waals surface area contributed by atoms with E-state index < -0.39 is 5.60 Å². The van der Waals surface area contributed by atoms with Crippen LogP contribution in [0.5, 0.6) is 11.5 Å². The van der Waals surface area contributed by atoms with Gasteiger partial charge in [-0.05, 0) is 58.6 Å². The van der Waals surface area contributed by atoms with E-state index in [-0.39, 0.29) is 17.9 Å². The van der Waals surface area contributed by atoms with Crippen molar-refractivity contribution in [2.45, 2.75) is 64.5 Å². The molecule has 0 atom stereocenters. The molecule has 1 fully saturated rings. The number of esters is 1. The van der Waals surface area contributed by atoms with E-state index in [4.69, 9.17) is 19.9 Å². The topological polar surface area (TPSA) is 95.2 Å². The number of hydrogen-bond donors (Lipinski definition) is 2. The molecule has 3 rings (SSSR count). The second-order valence-electron chi connectivity index (χ2n) is 8.39. The lowest BCUT2D eigenvalue weighted by atomic mass is 9.86. The van der Waals surface area contributed by atoms with Crippen LogP contribution in [-0.2, 0) is 9.53 Å². The summed E-state index contributed by atoms with van der Waals surface area (Å²) in [5, 5.41) is 3.13. The number of fused-ring (bicyclic) bond motifs is 1. The largest absolute Gasteiger partial charge is 0.490 e. The Morgan fingerprint density at radius 1 is 1.14 bits per heavy atom. The van der Waals surface area contributed by atoms with E-state index in [1.807, 2.05) is 39.0 Å². The third-order valence-corrected chi connectivity index (χ3v) is 4.78. The van der Waals surface area contributed by atoms with Crippen molar-refractivity contribution in [3.05, 3.63) is 18.2 Å². The molecular weight excluding hydrogens is 358 g/mol. The van der Waals surface area contributed by atoms with Crippen LogP contribution >= 0.6 is 0 Å². The van der Waals surface area contributed by atoms with Gasteiger partial charge in [-0.25, -0.2) is 4.99 Å². The van der Waals surface area contributed by atoms with Crippen molar-refractivity contribution in [3.63, 3.8) is 0 Å². The highest BCUT2D eigenvalue weighted by molar-refractivity contribution is 5.92. The molecule has 0 spiro atoms. The van der Waals surface area contributed by atoms with Gasteiger partial charge >= 0.3 is 5.97 Å². The van der Waals surface area contributed by atoms with Crippen LogP contribution in [0.25, 0.3) is 0 Å². The molecule has 0 unspecified atom stereocenters. The summed E-state index contributed by atoms with van der Waals surface area (Å²) in [4.78, 5) is 16.8. The Morgan fingerprint density at radius 3 is 2.50 bits per heavy atom. The summed E-state index contributed by atoms with van der Waals surface area (Å²) in [6, 6.07) is 5.77. The molecular formula is C21H31N3O4. The van der Waals surface area contributed by atoms with Gasteiger partial charge in [0.15, 0.2) is 17.5 Å². The van der Waals surface area contributed by atoms with Crippen molar-refractivity contribution < 1.29 is 19.0 Å². The zero-order valence-electron chi connectivity index (χ0n) is 17.0. The van der Waals surface area contributed by atoms with Gasteiger partial charge in [0.25, 0.3) is 0 Å². The van der Waals surface area contributed by atoms with Crippen LogP contribution in [0, 0.1) is 5.92 Å². The molecule has 0 radical (unpaired) electrons. The molecule has 0 bridgehead atoms. The molecule has 1 aliphatic heterocycles. The van der Waals surface area contributed by atoms with Crippen molar-refractivity contribution in [3.8, 4) is 11.5 Å². The van der Waals surface area contributed by atoms with Crippen LogP contribution in [0.3, 0.4) is 0 Å². The maximum Gasteiger partial charge on any atom is 0.309 e. The molecule has 0 aromatic heterocycles. The van der Waals surface area contributed by atoms with E-state index in [9.17, 15) is 4.79 Å². The van der Waals surface area contributed by atoms with E-state index in [1.54, 1.807) is 0 Å². The Labute approximate surface area is 166 Å². The summed E-state index contributed by atoms with van der Waals surface area (Å²) in [7, 11) is 0. The third kappa shape index (κ3) is 5.78. The number of rotatable bonds is 3. The fourth-order valence-electron chi connectivity index (χ4n) is 3.44. The Morgan fingerprint density at radius 2 is 1.82 bits per heavy atom. The maximum absolute atomic E-state index is 12.2. The Balaban J connectivity index is 1.52. The molecule has 3 N–H and O–H groups in total. The molecule has 1 aliphatic carbocycles. The fraction of sp³-hybridized carbons (Fsp3) is 0.619. The molecule has 1 aromatic carbocycles. The average Bonchev–Trinajstić information content (AvgIpc) is 2.85. The van der Waals surface area contributed by atoms with Crippen LogP contribution in [0.2, 0.25) is 0 Å². The number of guanidine groups is 1. The van der Waals surface area contributed by atoms with Crippen molar-refractivity contribution >= 4 is 17.6 Å². The molecule has 7 heteroatoms. The highest BCUT2D eigenvalue weighted by Gasteiger charge is 2.29. The molecule has 2 aliphatic rings. The number of nitrogens with one attached hydrogen (secondary N) is 1. The number of aliphatic imine (C=N–C) groups is 1. The number of benzene rings is 1. The summed E-state index contributed by atoms with van der Waals surface area (Å²) in [6.45, 7) is 6.99. The maximum atomic E-state index is 12.2. The quantitative estimate of drug-likeness (QED) is 0.467. The van der Waals surface area contributed by atoms with E-state index in [2.05, 4.69) is 10.3 Å². The molecule has 1 aromatic rings. The zero-order chi connectivity index (χ0) is 20.1. The van der Waals surface area contributed by atoms with Crippen LogP contribution in [-0.4, -0.2) is 36.8 Å². The number of carbonyl (C=O) groups excluding carboxylic acids is 1. The molecule has 0 saturated heterocycles. The third-order valence-electron chi connectivity index (χ3n) is 4.78. The van der Waals surface area contributed by atoms with Crippen molar-refractivity contribution in [2.24, 2.45) is 16.6 Å². The number of anilines is 1. The van der Waals surface area contributed by atoms with Gasteiger partial charge in [0.05, 0.1) is 25.2 Å². The number of hydrogen-bond acceptors (Lipinski definition) is 5. The van der Waals surface area contributed by atoms with Crippen molar-refractivity contribution in [1.29, 1.82) is 0 Å². The summed E-state index contributed by atoms with van der Waals surface area (Å²) in [5.41, 5.74) is 6.47. The van der Waals surface area contributed by atoms with Gasteiger partial charge in [0.1, 0.15) is 5.60 Å².